The van der Waals surface area contributed by atoms with E-state index in [0.717, 1.165) is 12.3 Å². The molecule has 0 aliphatic heterocycles. The van der Waals surface area contributed by atoms with E-state index in [4.69, 9.17) is 14.8 Å². The number of oxime groups is 1. The van der Waals surface area contributed by atoms with Crippen LogP contribution in [0.4, 0.5) is 24.5 Å². The van der Waals surface area contributed by atoms with E-state index in [0.29, 0.717) is 5.56 Å². The number of nitrogens with zero attached hydrogens (tertiary/aromatic N) is 2. The van der Waals surface area contributed by atoms with Crippen molar-refractivity contribution in [3.05, 3.63) is 58.4 Å². The highest BCUT2D eigenvalue weighted by Crippen LogP contribution is 2.30. The maximum absolute atomic E-state index is 15.0. The van der Waals surface area contributed by atoms with Gasteiger partial charge in [0.15, 0.2) is 11.6 Å². The van der Waals surface area contributed by atoms with E-state index in [1.165, 1.54) is 17.0 Å². The van der Waals surface area contributed by atoms with E-state index in [9.17, 15) is 22.8 Å². The van der Waals surface area contributed by atoms with Crippen molar-refractivity contribution in [2.24, 2.45) is 5.16 Å². The highest BCUT2D eigenvalue weighted by atomic mass is 19.2. The zero-order valence-electron chi connectivity index (χ0n) is 18.8. The van der Waals surface area contributed by atoms with Crippen LogP contribution in [0.2, 0.25) is 0 Å². The van der Waals surface area contributed by atoms with Gasteiger partial charge in [0.1, 0.15) is 12.4 Å². The fourth-order valence-electron chi connectivity index (χ4n) is 2.62. The third-order valence-corrected chi connectivity index (χ3v) is 4.39. The van der Waals surface area contributed by atoms with Crippen molar-refractivity contribution in [1.82, 2.24) is 10.4 Å². The normalized spacial score (nSPS) is 10.9. The van der Waals surface area contributed by atoms with Crippen LogP contribution in [0, 0.1) is 24.4 Å². The van der Waals surface area contributed by atoms with Gasteiger partial charge in [-0.15, -0.1) is 0 Å². The molecule has 2 aromatic rings. The van der Waals surface area contributed by atoms with Crippen molar-refractivity contribution in [2.75, 3.05) is 39.2 Å². The molecule has 2 aromatic carbocycles. The summed E-state index contributed by atoms with van der Waals surface area (Å²) < 4.78 is 44.0. The minimum atomic E-state index is -1.47. The second-order valence-electron chi connectivity index (χ2n) is 7.23. The van der Waals surface area contributed by atoms with Crippen LogP contribution in [0.25, 0.3) is 0 Å². The summed E-state index contributed by atoms with van der Waals surface area (Å²) in [7, 11) is 3.14. The number of carbonyl (C=O) groups is 2. The van der Waals surface area contributed by atoms with Crippen molar-refractivity contribution < 1.29 is 37.5 Å². The van der Waals surface area contributed by atoms with Crippen LogP contribution in [0.3, 0.4) is 0 Å². The first-order valence-electron chi connectivity index (χ1n) is 10.1. The maximum atomic E-state index is 15.0. The molecule has 12 heteroatoms. The number of benzene rings is 2. The number of anilines is 2. The minimum Gasteiger partial charge on any atom is -0.395 e. The van der Waals surface area contributed by atoms with Crippen LogP contribution < -0.4 is 10.8 Å². The Labute approximate surface area is 194 Å². The third kappa shape index (κ3) is 7.18. The predicted molar refractivity (Wildman–Crippen MR) is 118 cm³/mol. The van der Waals surface area contributed by atoms with Crippen molar-refractivity contribution in [1.29, 1.82) is 0 Å². The number of hydrogen-bond donors (Lipinski definition) is 3. The van der Waals surface area contributed by atoms with E-state index in [-0.39, 0.29) is 31.2 Å². The molecule has 9 nitrogen and oxygen atoms in total. The predicted octanol–water partition coefficient (Wildman–Crippen LogP) is 2.64. The van der Waals surface area contributed by atoms with Gasteiger partial charge in [-0.3, -0.25) is 14.4 Å². The molecule has 0 bridgehead atoms. The molecule has 0 spiro atoms. The number of hydrogen-bond acceptors (Lipinski definition) is 7. The van der Waals surface area contributed by atoms with Crippen LogP contribution in [0.15, 0.2) is 29.4 Å². The van der Waals surface area contributed by atoms with E-state index < -0.39 is 46.8 Å². The molecule has 3 N–H and O–H groups in total. The number of carbonyl (C=O) groups excluding carboxylic acids is 2. The fourth-order valence-corrected chi connectivity index (χ4v) is 2.62. The van der Waals surface area contributed by atoms with Crippen molar-refractivity contribution >= 4 is 29.4 Å². The molecule has 2 rings (SSSR count). The van der Waals surface area contributed by atoms with Crippen molar-refractivity contribution in [3.63, 3.8) is 0 Å². The molecular formula is C22H25F3N4O5. The Hall–Kier alpha value is -3.64. The second-order valence-corrected chi connectivity index (χ2v) is 7.23. The summed E-state index contributed by atoms with van der Waals surface area (Å²) >= 11 is 0. The summed E-state index contributed by atoms with van der Waals surface area (Å²) in [5.41, 5.74) is 0.880. The Morgan fingerprint density at radius 3 is 2.53 bits per heavy atom. The molecule has 0 radical (unpaired) electrons. The minimum absolute atomic E-state index is 0.0159. The smallest absolute Gasteiger partial charge is 0.277 e. The van der Waals surface area contributed by atoms with Gasteiger partial charge in [-0.25, -0.2) is 18.7 Å². The molecule has 0 saturated carbocycles. The SMILES string of the molecule is Cc1ccc(Nc2c(C(=O)NOCCO)cc(/C=N/OCCC(=O)N(C)C)c(F)c2F)c(F)c1. The van der Waals surface area contributed by atoms with Crippen LogP contribution in [0.1, 0.15) is 27.9 Å². The first-order valence-corrected chi connectivity index (χ1v) is 10.1. The van der Waals surface area contributed by atoms with Crippen LogP contribution in [-0.2, 0) is 14.5 Å². The van der Waals surface area contributed by atoms with Gasteiger partial charge < -0.3 is 20.2 Å². The molecule has 0 saturated heterocycles. The lowest BCUT2D eigenvalue weighted by atomic mass is 10.1. The van der Waals surface area contributed by atoms with Crippen LogP contribution in [-0.4, -0.2) is 62.0 Å². The fraction of sp³-hybridized carbons (Fsp3) is 0.318. The number of aryl methyl sites for hydroxylation is 1. The van der Waals surface area contributed by atoms with E-state index in [1.54, 1.807) is 27.1 Å². The summed E-state index contributed by atoms with van der Waals surface area (Å²) in [5, 5.41) is 14.7. The van der Waals surface area contributed by atoms with Crippen LogP contribution in [0.5, 0.6) is 0 Å². The summed E-state index contributed by atoms with van der Waals surface area (Å²) in [6.07, 6.45) is 0.849. The zero-order valence-corrected chi connectivity index (χ0v) is 18.8. The van der Waals surface area contributed by atoms with Gasteiger partial charge in [0.2, 0.25) is 5.91 Å². The van der Waals surface area contributed by atoms with Gasteiger partial charge >= 0.3 is 0 Å². The number of aliphatic hydroxyl groups excluding tert-OH is 1. The summed E-state index contributed by atoms with van der Waals surface area (Å²) in [6.45, 7) is 0.894. The monoisotopic (exact) mass is 482 g/mol. The Bertz CT molecular complexity index is 1060. The summed E-state index contributed by atoms with van der Waals surface area (Å²) in [6, 6.07) is 5.00. The number of nitrogens with one attached hydrogen (secondary N) is 2. The Morgan fingerprint density at radius 1 is 1.15 bits per heavy atom. The van der Waals surface area contributed by atoms with E-state index in [2.05, 4.69) is 10.5 Å². The lowest BCUT2D eigenvalue weighted by molar-refractivity contribution is -0.129. The molecule has 184 valence electrons. The quantitative estimate of drug-likeness (QED) is 0.258. The molecule has 0 unspecified atom stereocenters. The Morgan fingerprint density at radius 2 is 1.88 bits per heavy atom. The number of hydroxylamine groups is 1. The van der Waals surface area contributed by atoms with Gasteiger partial charge in [0, 0.05) is 19.7 Å². The van der Waals surface area contributed by atoms with Crippen LogP contribution >= 0.6 is 0 Å². The lowest BCUT2D eigenvalue weighted by Gasteiger charge is -2.16. The maximum Gasteiger partial charge on any atom is 0.277 e. The highest BCUT2D eigenvalue weighted by molar-refractivity contribution is 6.01. The highest BCUT2D eigenvalue weighted by Gasteiger charge is 2.23. The van der Waals surface area contributed by atoms with Gasteiger partial charge in [0.25, 0.3) is 5.91 Å². The van der Waals surface area contributed by atoms with Gasteiger partial charge in [0.05, 0.1) is 42.8 Å². The van der Waals surface area contributed by atoms with E-state index in [1.807, 2.05) is 5.48 Å². The van der Waals surface area contributed by atoms with Gasteiger partial charge in [-0.2, -0.15) is 0 Å². The largest absolute Gasteiger partial charge is 0.395 e. The van der Waals surface area contributed by atoms with Crippen molar-refractivity contribution in [3.8, 4) is 0 Å². The van der Waals surface area contributed by atoms with Gasteiger partial charge in [-0.05, 0) is 30.7 Å². The topological polar surface area (TPSA) is 112 Å². The van der Waals surface area contributed by atoms with E-state index >= 15 is 0 Å². The standard InChI is InChI=1S/C22H25F3N4O5/c1-13-4-5-17(16(23)10-13)27-21-15(22(32)28-34-9-7-30)11-14(19(24)20(21)25)12-26-33-8-6-18(31)29(2)3/h4-5,10-12,27,30H,6-9H2,1-3H3,(H,28,32)/b26-12+. The third-order valence-electron chi connectivity index (χ3n) is 4.39. The molecule has 34 heavy (non-hydrogen) atoms. The average Bonchev–Trinajstić information content (AvgIpc) is 2.79. The number of halogens is 3. The second kappa shape index (κ2) is 12.6. The molecular weight excluding hydrogens is 457 g/mol. The van der Waals surface area contributed by atoms with Gasteiger partial charge in [-0.1, -0.05) is 11.2 Å². The Kier molecular flexibility index (Phi) is 9.83. The summed E-state index contributed by atoms with van der Waals surface area (Å²) in [4.78, 5) is 35.1. The Balaban J connectivity index is 2.35. The van der Waals surface area contributed by atoms with Crippen molar-refractivity contribution in [2.45, 2.75) is 13.3 Å². The molecule has 0 heterocycles. The molecule has 0 atom stereocenters. The number of aliphatic hydroxyl groups is 1. The first kappa shape index (κ1) is 26.6. The zero-order chi connectivity index (χ0) is 25.3. The number of amides is 2. The molecule has 0 aliphatic carbocycles. The molecule has 0 aliphatic rings. The molecule has 0 fully saturated rings. The number of rotatable bonds is 11. The average molecular weight is 482 g/mol. The molecule has 2 amide bonds. The molecule has 0 aromatic heterocycles. The lowest BCUT2D eigenvalue weighted by Crippen LogP contribution is -2.26. The summed E-state index contributed by atoms with van der Waals surface area (Å²) in [5.74, 6) is -4.80. The first-order chi connectivity index (χ1) is 16.1.